The van der Waals surface area contributed by atoms with Crippen molar-refractivity contribution in [3.63, 3.8) is 0 Å². The first-order valence-corrected chi connectivity index (χ1v) is 7.98. The number of carboxylic acid groups (broad SMARTS) is 1. The molecule has 2 N–H and O–H groups in total. The second-order valence-corrected chi connectivity index (χ2v) is 6.39. The summed E-state index contributed by atoms with van der Waals surface area (Å²) in [6.45, 7) is 0. The summed E-state index contributed by atoms with van der Waals surface area (Å²) in [4.78, 5) is 23.3. The molecular weight excluding hydrogens is 328 g/mol. The zero-order chi connectivity index (χ0) is 18.0. The van der Waals surface area contributed by atoms with Crippen LogP contribution in [0.15, 0.2) is 42.5 Å². The second-order valence-electron chi connectivity index (χ2n) is 6.39. The Labute approximate surface area is 143 Å². The Morgan fingerprint density at radius 3 is 2.44 bits per heavy atom. The number of benzene rings is 2. The molecule has 0 unspecified atom stereocenters. The van der Waals surface area contributed by atoms with Crippen molar-refractivity contribution in [2.45, 2.75) is 31.2 Å². The van der Waals surface area contributed by atoms with Crippen molar-refractivity contribution < 1.29 is 23.5 Å². The molecule has 0 aromatic heterocycles. The predicted molar refractivity (Wildman–Crippen MR) is 87.5 cm³/mol. The summed E-state index contributed by atoms with van der Waals surface area (Å²) in [6, 6.07) is 9.38. The number of carboxylic acids is 1. The van der Waals surface area contributed by atoms with Crippen LogP contribution in [-0.4, -0.2) is 22.5 Å². The maximum atomic E-state index is 14.1. The smallest absolute Gasteiger partial charge is 0.335 e. The van der Waals surface area contributed by atoms with Crippen molar-refractivity contribution in [1.82, 2.24) is 5.32 Å². The predicted octanol–water partition coefficient (Wildman–Crippen LogP) is 3.56. The Morgan fingerprint density at radius 2 is 1.88 bits per heavy atom. The maximum absolute atomic E-state index is 14.1. The van der Waals surface area contributed by atoms with Gasteiger partial charge in [0.05, 0.1) is 11.1 Å². The minimum Gasteiger partial charge on any atom is -0.478 e. The van der Waals surface area contributed by atoms with Gasteiger partial charge in [-0.25, -0.2) is 13.6 Å². The molecule has 0 heterocycles. The number of nitrogens with one attached hydrogen (secondary N) is 1. The van der Waals surface area contributed by atoms with Crippen molar-refractivity contribution in [3.8, 4) is 0 Å². The van der Waals surface area contributed by atoms with Crippen LogP contribution in [0.3, 0.4) is 0 Å². The molecule has 0 atom stereocenters. The number of carbonyl (C=O) groups is 2. The van der Waals surface area contributed by atoms with E-state index < -0.39 is 23.2 Å². The molecule has 1 aliphatic rings. The number of amides is 1. The number of rotatable bonds is 5. The van der Waals surface area contributed by atoms with Gasteiger partial charge in [-0.05, 0) is 61.6 Å². The Morgan fingerprint density at radius 1 is 1.12 bits per heavy atom. The van der Waals surface area contributed by atoms with Gasteiger partial charge < -0.3 is 10.4 Å². The van der Waals surface area contributed by atoms with Crippen molar-refractivity contribution in [1.29, 1.82) is 0 Å². The fourth-order valence-corrected chi connectivity index (χ4v) is 3.13. The van der Waals surface area contributed by atoms with Gasteiger partial charge in [0, 0.05) is 5.54 Å². The van der Waals surface area contributed by atoms with Crippen LogP contribution in [-0.2, 0) is 6.42 Å². The number of hydrogen-bond donors (Lipinski definition) is 2. The van der Waals surface area contributed by atoms with E-state index in [1.165, 1.54) is 24.3 Å². The van der Waals surface area contributed by atoms with Crippen molar-refractivity contribution in [3.05, 3.63) is 70.8 Å². The second kappa shape index (κ2) is 6.63. The molecule has 1 amide bonds. The Kier molecular flexibility index (Phi) is 4.53. The van der Waals surface area contributed by atoms with Crippen molar-refractivity contribution in [2.75, 3.05) is 0 Å². The lowest BCUT2D eigenvalue weighted by Gasteiger charge is -2.43. The monoisotopic (exact) mass is 345 g/mol. The Balaban J connectivity index is 1.77. The SMILES string of the molecule is O=C(O)c1ccc(C(=O)NC2(Cc3cccc(F)c3)CCC2)c(F)c1. The maximum Gasteiger partial charge on any atom is 0.335 e. The molecule has 0 radical (unpaired) electrons. The van der Waals surface area contributed by atoms with Gasteiger partial charge in [-0.3, -0.25) is 4.79 Å². The third kappa shape index (κ3) is 3.68. The third-order valence-electron chi connectivity index (χ3n) is 4.58. The van der Waals surface area contributed by atoms with Crippen molar-refractivity contribution >= 4 is 11.9 Å². The first kappa shape index (κ1) is 17.1. The lowest BCUT2D eigenvalue weighted by molar-refractivity contribution is 0.0694. The number of aromatic carboxylic acids is 1. The van der Waals surface area contributed by atoms with Gasteiger partial charge in [-0.2, -0.15) is 0 Å². The van der Waals surface area contributed by atoms with Crippen LogP contribution in [0.5, 0.6) is 0 Å². The van der Waals surface area contributed by atoms with E-state index in [4.69, 9.17) is 5.11 Å². The van der Waals surface area contributed by atoms with Gasteiger partial charge in [0.1, 0.15) is 11.6 Å². The van der Waals surface area contributed by atoms with Gasteiger partial charge in [-0.15, -0.1) is 0 Å². The van der Waals surface area contributed by atoms with E-state index in [2.05, 4.69) is 5.32 Å². The van der Waals surface area contributed by atoms with E-state index in [9.17, 15) is 18.4 Å². The fourth-order valence-electron chi connectivity index (χ4n) is 3.13. The molecule has 1 saturated carbocycles. The minimum absolute atomic E-state index is 0.199. The van der Waals surface area contributed by atoms with E-state index in [0.29, 0.717) is 6.42 Å². The van der Waals surface area contributed by atoms with E-state index in [1.54, 1.807) is 12.1 Å². The largest absolute Gasteiger partial charge is 0.478 e. The zero-order valence-electron chi connectivity index (χ0n) is 13.4. The van der Waals surface area contributed by atoms with Crippen LogP contribution in [0.2, 0.25) is 0 Å². The summed E-state index contributed by atoms with van der Waals surface area (Å²) in [7, 11) is 0. The normalized spacial score (nSPS) is 15.3. The van der Waals surface area contributed by atoms with Gasteiger partial charge in [0.15, 0.2) is 0 Å². The highest BCUT2D eigenvalue weighted by atomic mass is 19.1. The molecular formula is C19H17F2NO3. The summed E-state index contributed by atoms with van der Waals surface area (Å²) in [5.74, 6) is -3.07. The lowest BCUT2D eigenvalue weighted by Crippen LogP contribution is -2.55. The molecule has 0 bridgehead atoms. The van der Waals surface area contributed by atoms with Gasteiger partial charge >= 0.3 is 5.97 Å². The summed E-state index contributed by atoms with van der Waals surface area (Å²) in [5.41, 5.74) is -0.174. The molecule has 1 aliphatic carbocycles. The van der Waals surface area contributed by atoms with Crippen molar-refractivity contribution in [2.24, 2.45) is 0 Å². The molecule has 6 heteroatoms. The quantitative estimate of drug-likeness (QED) is 0.871. The van der Waals surface area contributed by atoms with E-state index >= 15 is 0 Å². The number of halogens is 2. The van der Waals surface area contributed by atoms with Crippen LogP contribution < -0.4 is 5.32 Å². The van der Waals surface area contributed by atoms with Crippen LogP contribution in [0.1, 0.15) is 45.5 Å². The molecule has 130 valence electrons. The average Bonchev–Trinajstić information content (AvgIpc) is 2.52. The Hall–Kier alpha value is -2.76. The van der Waals surface area contributed by atoms with Crippen LogP contribution in [0.4, 0.5) is 8.78 Å². The number of hydrogen-bond acceptors (Lipinski definition) is 2. The molecule has 2 aromatic rings. The zero-order valence-corrected chi connectivity index (χ0v) is 13.4. The minimum atomic E-state index is -1.26. The standard InChI is InChI=1S/C19H17F2NO3/c20-14-4-1-3-12(9-14)11-19(7-2-8-19)22-17(23)15-6-5-13(18(24)25)10-16(15)21/h1,3-6,9-10H,2,7-8,11H2,(H,22,23)(H,24,25). The highest BCUT2D eigenvalue weighted by Gasteiger charge is 2.39. The lowest BCUT2D eigenvalue weighted by atomic mass is 9.72. The fraction of sp³-hybridized carbons (Fsp3) is 0.263. The molecule has 0 spiro atoms. The first-order valence-electron chi connectivity index (χ1n) is 7.98. The molecule has 0 aliphatic heterocycles. The summed E-state index contributed by atoms with van der Waals surface area (Å²) < 4.78 is 27.4. The molecule has 25 heavy (non-hydrogen) atoms. The van der Waals surface area contributed by atoms with Gasteiger partial charge in [0.2, 0.25) is 0 Å². The topological polar surface area (TPSA) is 66.4 Å². The highest BCUT2D eigenvalue weighted by molar-refractivity contribution is 5.96. The highest BCUT2D eigenvalue weighted by Crippen LogP contribution is 2.35. The van der Waals surface area contributed by atoms with E-state index in [1.807, 2.05) is 0 Å². The van der Waals surface area contributed by atoms with Gasteiger partial charge in [-0.1, -0.05) is 12.1 Å². The number of carbonyl (C=O) groups excluding carboxylic acids is 1. The van der Waals surface area contributed by atoms with Gasteiger partial charge in [0.25, 0.3) is 5.91 Å². The summed E-state index contributed by atoms with van der Waals surface area (Å²) in [6.07, 6.45) is 2.84. The summed E-state index contributed by atoms with van der Waals surface area (Å²) >= 11 is 0. The molecule has 3 rings (SSSR count). The van der Waals surface area contributed by atoms with E-state index in [-0.39, 0.29) is 16.9 Å². The van der Waals surface area contributed by atoms with Crippen LogP contribution in [0.25, 0.3) is 0 Å². The van der Waals surface area contributed by atoms with Crippen LogP contribution in [0, 0.1) is 11.6 Å². The third-order valence-corrected chi connectivity index (χ3v) is 4.58. The Bertz CT molecular complexity index is 831. The van der Waals surface area contributed by atoms with E-state index in [0.717, 1.165) is 30.9 Å². The molecule has 2 aromatic carbocycles. The van der Waals surface area contributed by atoms with Crippen LogP contribution >= 0.6 is 0 Å². The summed E-state index contributed by atoms with van der Waals surface area (Å²) in [5, 5.41) is 11.7. The molecule has 4 nitrogen and oxygen atoms in total. The molecule has 1 fully saturated rings. The first-order chi connectivity index (χ1) is 11.9. The average molecular weight is 345 g/mol. The molecule has 0 saturated heterocycles.